The Labute approximate surface area is 134 Å². The van der Waals surface area contributed by atoms with E-state index in [1.807, 2.05) is 6.07 Å². The second-order valence-corrected chi connectivity index (χ2v) is 5.14. The van der Waals surface area contributed by atoms with Gasteiger partial charge < -0.3 is 10.2 Å². The Morgan fingerprint density at radius 3 is 2.91 bits per heavy atom. The molecule has 0 spiro atoms. The molecular weight excluding hydrogens is 295 g/mol. The summed E-state index contributed by atoms with van der Waals surface area (Å²) < 4.78 is 13.7. The minimum absolute atomic E-state index is 0.163. The zero-order valence-electron chi connectivity index (χ0n) is 12.6. The Bertz CT molecular complexity index is 734. The molecule has 0 unspecified atom stereocenters. The van der Waals surface area contributed by atoms with E-state index in [1.54, 1.807) is 35.4 Å². The molecule has 1 aromatic heterocycles. The molecule has 2 heterocycles. The van der Waals surface area contributed by atoms with Gasteiger partial charge in [0, 0.05) is 25.8 Å². The van der Waals surface area contributed by atoms with Crippen molar-refractivity contribution in [2.24, 2.45) is 0 Å². The number of carbonyl (C=O) groups is 1. The smallest absolute Gasteiger partial charge is 0.326 e. The number of hydrogen-bond acceptors (Lipinski definition) is 3. The van der Waals surface area contributed by atoms with Gasteiger partial charge in [0.25, 0.3) is 0 Å². The molecule has 2 aromatic rings. The quantitative estimate of drug-likeness (QED) is 0.885. The lowest BCUT2D eigenvalue weighted by Gasteiger charge is -2.36. The Kier molecular flexibility index (Phi) is 4.23. The Hall–Kier alpha value is -2.89. The van der Waals surface area contributed by atoms with Gasteiger partial charge in [-0.1, -0.05) is 18.2 Å². The zero-order chi connectivity index (χ0) is 16.2. The fourth-order valence-electron chi connectivity index (χ4n) is 2.58. The number of para-hydroxylation sites is 1. The predicted octanol–water partition coefficient (Wildman–Crippen LogP) is 3.27. The maximum Gasteiger partial charge on any atom is 0.326 e. The fraction of sp³-hybridized carbons (Fsp3) is 0.176. The lowest BCUT2D eigenvalue weighted by atomic mass is 10.2. The first-order valence-corrected chi connectivity index (χ1v) is 7.34. The monoisotopic (exact) mass is 312 g/mol. The predicted molar refractivity (Wildman–Crippen MR) is 89.4 cm³/mol. The van der Waals surface area contributed by atoms with Crippen molar-refractivity contribution < 1.29 is 9.18 Å². The molecule has 0 aliphatic carbocycles. The van der Waals surface area contributed by atoms with Crippen molar-refractivity contribution in [3.63, 3.8) is 0 Å². The number of hydrogen-bond donors (Lipinski definition) is 1. The number of nitrogens with one attached hydrogen (secondary N) is 1. The van der Waals surface area contributed by atoms with Gasteiger partial charge in [-0.3, -0.25) is 4.90 Å². The van der Waals surface area contributed by atoms with Crippen LogP contribution >= 0.6 is 0 Å². The van der Waals surface area contributed by atoms with E-state index in [2.05, 4.69) is 21.8 Å². The molecule has 118 valence electrons. The molecule has 23 heavy (non-hydrogen) atoms. The summed E-state index contributed by atoms with van der Waals surface area (Å²) in [4.78, 5) is 20.5. The lowest BCUT2D eigenvalue weighted by Crippen LogP contribution is -2.46. The van der Waals surface area contributed by atoms with Gasteiger partial charge in [0.2, 0.25) is 0 Å². The maximum atomic E-state index is 13.7. The summed E-state index contributed by atoms with van der Waals surface area (Å²) in [5.41, 5.74) is 0.867. The molecule has 0 fully saturated rings. The van der Waals surface area contributed by atoms with Gasteiger partial charge in [0.15, 0.2) is 5.82 Å². The number of nitrogens with zero attached hydrogens (tertiary/aromatic N) is 3. The molecule has 1 aliphatic rings. The average molecular weight is 312 g/mol. The largest absolute Gasteiger partial charge is 0.349 e. The molecule has 1 aliphatic heterocycles. The van der Waals surface area contributed by atoms with Crippen molar-refractivity contribution in [3.05, 3.63) is 61.1 Å². The van der Waals surface area contributed by atoms with Crippen LogP contribution in [0.3, 0.4) is 0 Å². The van der Waals surface area contributed by atoms with Crippen LogP contribution in [0.2, 0.25) is 0 Å². The first-order valence-electron chi connectivity index (χ1n) is 7.34. The lowest BCUT2D eigenvalue weighted by molar-refractivity contribution is 0.256. The number of aromatic nitrogens is 1. The van der Waals surface area contributed by atoms with E-state index in [0.29, 0.717) is 25.3 Å². The first-order chi connectivity index (χ1) is 11.2. The molecule has 3 rings (SSSR count). The van der Waals surface area contributed by atoms with Crippen molar-refractivity contribution in [1.82, 2.24) is 4.98 Å². The van der Waals surface area contributed by atoms with Gasteiger partial charge in [-0.15, -0.1) is 6.58 Å². The normalized spacial score (nSPS) is 13.4. The molecule has 0 radical (unpaired) electrons. The number of urea groups is 1. The van der Waals surface area contributed by atoms with Crippen LogP contribution in [-0.2, 0) is 0 Å². The number of pyridine rings is 1. The third kappa shape index (κ3) is 3.01. The molecule has 0 bridgehead atoms. The second-order valence-electron chi connectivity index (χ2n) is 5.14. The summed E-state index contributed by atoms with van der Waals surface area (Å²) in [7, 11) is 0. The van der Waals surface area contributed by atoms with E-state index < -0.39 is 5.82 Å². The highest BCUT2D eigenvalue weighted by molar-refractivity contribution is 6.04. The topological polar surface area (TPSA) is 48.5 Å². The van der Waals surface area contributed by atoms with Crippen LogP contribution in [0, 0.1) is 5.82 Å². The molecule has 0 saturated carbocycles. The Morgan fingerprint density at radius 2 is 2.13 bits per heavy atom. The molecule has 1 aromatic carbocycles. The SMILES string of the molecule is C=CCN1CCN(C(=O)Nc2ccccc2F)c2cccnc21. The van der Waals surface area contributed by atoms with Crippen LogP contribution in [0.5, 0.6) is 0 Å². The van der Waals surface area contributed by atoms with Crippen LogP contribution in [0.1, 0.15) is 0 Å². The zero-order valence-corrected chi connectivity index (χ0v) is 12.6. The number of anilines is 3. The van der Waals surface area contributed by atoms with E-state index in [9.17, 15) is 9.18 Å². The van der Waals surface area contributed by atoms with Crippen molar-refractivity contribution >= 4 is 23.2 Å². The van der Waals surface area contributed by atoms with E-state index >= 15 is 0 Å². The molecule has 2 amide bonds. The standard InChI is InChI=1S/C17H17FN4O/c1-2-10-21-11-12-22(15-8-5-9-19-16(15)21)17(23)20-14-7-4-3-6-13(14)18/h2-9H,1,10-12H2,(H,20,23). The van der Waals surface area contributed by atoms with E-state index in [4.69, 9.17) is 0 Å². The fourth-order valence-corrected chi connectivity index (χ4v) is 2.58. The number of halogens is 1. The molecular formula is C17H17FN4O. The Balaban J connectivity index is 1.85. The number of carbonyl (C=O) groups excluding carboxylic acids is 1. The highest BCUT2D eigenvalue weighted by atomic mass is 19.1. The third-order valence-electron chi connectivity index (χ3n) is 3.66. The minimum Gasteiger partial charge on any atom is -0.349 e. The number of fused-ring (bicyclic) bond motifs is 1. The van der Waals surface area contributed by atoms with E-state index in [0.717, 1.165) is 5.82 Å². The number of benzene rings is 1. The van der Waals surface area contributed by atoms with Crippen molar-refractivity contribution in [2.75, 3.05) is 34.8 Å². The second kappa shape index (κ2) is 6.48. The first kappa shape index (κ1) is 15.0. The van der Waals surface area contributed by atoms with Crippen molar-refractivity contribution in [3.8, 4) is 0 Å². The summed E-state index contributed by atoms with van der Waals surface area (Å²) in [5.74, 6) is 0.264. The summed E-state index contributed by atoms with van der Waals surface area (Å²) in [6.07, 6.45) is 3.49. The number of amides is 2. The minimum atomic E-state index is -0.461. The van der Waals surface area contributed by atoms with Crippen molar-refractivity contribution in [1.29, 1.82) is 0 Å². The van der Waals surface area contributed by atoms with Crippen LogP contribution < -0.4 is 15.1 Å². The van der Waals surface area contributed by atoms with Gasteiger partial charge in [-0.05, 0) is 24.3 Å². The van der Waals surface area contributed by atoms with Crippen LogP contribution in [0.15, 0.2) is 55.3 Å². The third-order valence-corrected chi connectivity index (χ3v) is 3.66. The van der Waals surface area contributed by atoms with Gasteiger partial charge >= 0.3 is 6.03 Å². The maximum absolute atomic E-state index is 13.7. The highest BCUT2D eigenvalue weighted by Gasteiger charge is 2.27. The summed E-state index contributed by atoms with van der Waals surface area (Å²) in [6.45, 7) is 5.54. The van der Waals surface area contributed by atoms with Gasteiger partial charge in [-0.2, -0.15) is 0 Å². The highest BCUT2D eigenvalue weighted by Crippen LogP contribution is 2.31. The summed E-state index contributed by atoms with van der Waals surface area (Å²) >= 11 is 0. The van der Waals surface area contributed by atoms with E-state index in [-0.39, 0.29) is 11.7 Å². The molecule has 6 heteroatoms. The summed E-state index contributed by atoms with van der Waals surface area (Å²) in [5, 5.41) is 2.61. The van der Waals surface area contributed by atoms with Crippen LogP contribution in [0.4, 0.5) is 26.4 Å². The van der Waals surface area contributed by atoms with Crippen LogP contribution in [-0.4, -0.2) is 30.6 Å². The van der Waals surface area contributed by atoms with Crippen LogP contribution in [0.25, 0.3) is 0 Å². The van der Waals surface area contributed by atoms with Gasteiger partial charge in [-0.25, -0.2) is 14.2 Å². The van der Waals surface area contributed by atoms with Crippen molar-refractivity contribution in [2.45, 2.75) is 0 Å². The molecule has 0 atom stereocenters. The van der Waals surface area contributed by atoms with Gasteiger partial charge in [0.1, 0.15) is 5.82 Å². The Morgan fingerprint density at radius 1 is 1.30 bits per heavy atom. The molecule has 0 saturated heterocycles. The average Bonchev–Trinajstić information content (AvgIpc) is 2.57. The number of rotatable bonds is 3. The van der Waals surface area contributed by atoms with E-state index in [1.165, 1.54) is 12.1 Å². The molecule has 5 nitrogen and oxygen atoms in total. The molecule has 1 N–H and O–H groups in total. The van der Waals surface area contributed by atoms with Gasteiger partial charge in [0.05, 0.1) is 11.4 Å². The summed E-state index contributed by atoms with van der Waals surface area (Å²) in [6, 6.07) is 9.34.